The van der Waals surface area contributed by atoms with Crippen LogP contribution in [0.25, 0.3) is 150 Å². The van der Waals surface area contributed by atoms with Crippen molar-refractivity contribution in [2.75, 3.05) is 0 Å². The number of furan rings is 2. The molecular weight excluding hydrogens is 955 g/mol. The maximum atomic E-state index is 6.36. The van der Waals surface area contributed by atoms with E-state index in [0.717, 1.165) is 135 Å². The zero-order chi connectivity index (χ0) is 51.3. The molecule has 9 aromatic carbocycles. The van der Waals surface area contributed by atoms with Gasteiger partial charge in [-0.25, -0.2) is 15.0 Å². The van der Waals surface area contributed by atoms with E-state index in [4.69, 9.17) is 23.8 Å². The molecule has 0 spiro atoms. The van der Waals surface area contributed by atoms with Crippen molar-refractivity contribution in [2.24, 2.45) is 0 Å². The lowest BCUT2D eigenvalue weighted by atomic mass is 9.89. The second kappa shape index (κ2) is 17.7. The molecule has 7 nitrogen and oxygen atoms in total. The van der Waals surface area contributed by atoms with Gasteiger partial charge in [0.1, 0.15) is 22.3 Å². The summed E-state index contributed by atoms with van der Waals surface area (Å²) in [6.07, 6.45) is 14.3. The van der Waals surface area contributed by atoms with Crippen molar-refractivity contribution in [3.8, 4) is 73.9 Å². The van der Waals surface area contributed by atoms with E-state index in [0.29, 0.717) is 23.9 Å². The normalized spacial score (nSPS) is 14.5. The Hall–Kier alpha value is -10.3. The van der Waals surface area contributed by atoms with Crippen LogP contribution in [0.15, 0.2) is 227 Å². The molecule has 5 aromatic heterocycles. The minimum atomic E-state index is 0.560. The van der Waals surface area contributed by atoms with Gasteiger partial charge in [-0.3, -0.25) is 0 Å². The molecule has 0 bridgehead atoms. The van der Waals surface area contributed by atoms with E-state index in [1.54, 1.807) is 0 Å². The summed E-state index contributed by atoms with van der Waals surface area (Å²) < 4.78 is 17.7. The van der Waals surface area contributed by atoms with Gasteiger partial charge in [0.05, 0.1) is 22.2 Å². The SMILES string of the molecule is C1#CC/C(n2c3ccccc3c3cccc(-n4c5c(c6cccc(-c7nc(-c8ccc9oc%10ccccc%10c9c8)nc(-c8cccc(-c9ccc%10oc%11ccccc%11c%10c9)c8-c8ccccc8)n7)c64)C=CCC5)c32)=C\C=C/C1. The van der Waals surface area contributed by atoms with Crippen LogP contribution in [0.3, 0.4) is 0 Å². The number of hydrogen-bond donors (Lipinski definition) is 0. The van der Waals surface area contributed by atoms with Gasteiger partial charge in [-0.1, -0.05) is 170 Å². The Morgan fingerprint density at radius 1 is 0.436 bits per heavy atom. The van der Waals surface area contributed by atoms with E-state index in [-0.39, 0.29) is 0 Å². The van der Waals surface area contributed by atoms with E-state index < -0.39 is 0 Å². The second-order valence-corrected chi connectivity index (χ2v) is 20.2. The van der Waals surface area contributed by atoms with Gasteiger partial charge in [0, 0.05) is 89.8 Å². The average Bonchev–Trinajstić information content (AvgIpc) is 4.37. The topological polar surface area (TPSA) is 74.8 Å². The van der Waals surface area contributed by atoms with Crippen LogP contribution in [-0.4, -0.2) is 24.1 Å². The van der Waals surface area contributed by atoms with Gasteiger partial charge in [0.15, 0.2) is 17.5 Å². The first-order valence-corrected chi connectivity index (χ1v) is 26.7. The summed E-state index contributed by atoms with van der Waals surface area (Å²) in [5, 5.41) is 7.71. The lowest BCUT2D eigenvalue weighted by Gasteiger charge is -2.19. The second-order valence-electron chi connectivity index (χ2n) is 20.2. The number of nitrogens with zero attached hydrogens (tertiary/aromatic N) is 5. The summed E-state index contributed by atoms with van der Waals surface area (Å²) in [6, 6.07) is 68.4. The molecule has 0 radical (unpaired) electrons. The first kappa shape index (κ1) is 44.0. The maximum absolute atomic E-state index is 6.36. The van der Waals surface area contributed by atoms with Crippen LogP contribution in [0.1, 0.15) is 30.5 Å². The predicted molar refractivity (Wildman–Crippen MR) is 319 cm³/mol. The summed E-state index contributed by atoms with van der Waals surface area (Å²) in [6.45, 7) is 0. The van der Waals surface area contributed by atoms with Crippen molar-refractivity contribution >= 4 is 88.4 Å². The first-order valence-electron chi connectivity index (χ1n) is 26.7. The average molecular weight is 1000 g/mol. The van der Waals surface area contributed by atoms with Crippen molar-refractivity contribution in [2.45, 2.75) is 25.7 Å². The van der Waals surface area contributed by atoms with Gasteiger partial charge in [0.25, 0.3) is 0 Å². The molecule has 2 aliphatic carbocycles. The fourth-order valence-electron chi connectivity index (χ4n) is 12.3. The molecule has 0 saturated carbocycles. The Labute approximate surface area is 448 Å². The van der Waals surface area contributed by atoms with E-state index in [9.17, 15) is 0 Å². The number of para-hydroxylation sites is 5. The fraction of sp³-hybridized carbons (Fsp3) is 0.0563. The Kier molecular flexibility index (Phi) is 9.97. The molecule has 366 valence electrons. The largest absolute Gasteiger partial charge is 0.456 e. The molecule has 0 unspecified atom stereocenters. The molecule has 7 heteroatoms. The summed E-state index contributed by atoms with van der Waals surface area (Å²) >= 11 is 0. The molecule has 0 amide bonds. The number of fused-ring (bicyclic) bond motifs is 12. The number of rotatable bonds is 7. The van der Waals surface area contributed by atoms with Crippen molar-refractivity contribution in [3.63, 3.8) is 0 Å². The summed E-state index contributed by atoms with van der Waals surface area (Å²) in [5.41, 5.74) is 18.2. The van der Waals surface area contributed by atoms with E-state index in [2.05, 4.69) is 215 Å². The Morgan fingerprint density at radius 3 is 1.88 bits per heavy atom. The van der Waals surface area contributed by atoms with Crippen molar-refractivity contribution in [1.82, 2.24) is 24.1 Å². The van der Waals surface area contributed by atoms with Crippen LogP contribution in [0.2, 0.25) is 0 Å². The number of benzene rings is 9. The molecule has 78 heavy (non-hydrogen) atoms. The van der Waals surface area contributed by atoms with Gasteiger partial charge < -0.3 is 18.0 Å². The van der Waals surface area contributed by atoms with Crippen molar-refractivity contribution in [1.29, 1.82) is 0 Å². The lowest BCUT2D eigenvalue weighted by Crippen LogP contribution is -2.07. The number of aromatic nitrogens is 5. The highest BCUT2D eigenvalue weighted by molar-refractivity contribution is 6.14. The third kappa shape index (κ3) is 6.90. The molecule has 0 atom stereocenters. The van der Waals surface area contributed by atoms with Crippen molar-refractivity contribution in [3.05, 3.63) is 230 Å². The smallest absolute Gasteiger partial charge is 0.166 e. The zero-order valence-electron chi connectivity index (χ0n) is 42.2. The Bertz CT molecular complexity index is 4990. The fourth-order valence-corrected chi connectivity index (χ4v) is 12.3. The minimum Gasteiger partial charge on any atom is -0.456 e. The molecule has 5 heterocycles. The van der Waals surface area contributed by atoms with Crippen LogP contribution in [0.4, 0.5) is 0 Å². The van der Waals surface area contributed by atoms with Gasteiger partial charge in [-0.05, 0) is 96.3 Å². The molecular formula is C71H45N5O2. The van der Waals surface area contributed by atoms with Crippen LogP contribution in [0.5, 0.6) is 0 Å². The quantitative estimate of drug-likeness (QED) is 0.149. The third-order valence-electron chi connectivity index (χ3n) is 15.8. The third-order valence-corrected chi connectivity index (χ3v) is 15.8. The number of allylic oxidation sites excluding steroid dienone is 5. The Balaban J connectivity index is 0.986. The van der Waals surface area contributed by atoms with Crippen LogP contribution >= 0.6 is 0 Å². The molecule has 16 rings (SSSR count). The molecule has 2 aliphatic rings. The molecule has 14 aromatic rings. The van der Waals surface area contributed by atoms with Crippen LogP contribution < -0.4 is 0 Å². The summed E-state index contributed by atoms with van der Waals surface area (Å²) in [4.78, 5) is 16.8. The monoisotopic (exact) mass is 999 g/mol. The van der Waals surface area contributed by atoms with Gasteiger partial charge >= 0.3 is 0 Å². The highest BCUT2D eigenvalue weighted by Gasteiger charge is 2.28. The first-order chi connectivity index (χ1) is 38.7. The highest BCUT2D eigenvalue weighted by atomic mass is 16.3. The van der Waals surface area contributed by atoms with Crippen LogP contribution in [-0.2, 0) is 6.42 Å². The van der Waals surface area contributed by atoms with Crippen molar-refractivity contribution < 1.29 is 8.83 Å². The van der Waals surface area contributed by atoms with Crippen LogP contribution in [0, 0.1) is 11.8 Å². The zero-order valence-corrected chi connectivity index (χ0v) is 42.2. The minimum absolute atomic E-state index is 0.560. The summed E-state index contributed by atoms with van der Waals surface area (Å²) in [5.74, 6) is 8.53. The van der Waals surface area contributed by atoms with Gasteiger partial charge in [-0.15, -0.1) is 0 Å². The molecule has 0 aliphatic heterocycles. The van der Waals surface area contributed by atoms with Gasteiger partial charge in [0.2, 0.25) is 0 Å². The predicted octanol–water partition coefficient (Wildman–Crippen LogP) is 18.2. The summed E-state index contributed by atoms with van der Waals surface area (Å²) in [7, 11) is 0. The van der Waals surface area contributed by atoms with Gasteiger partial charge in [-0.2, -0.15) is 0 Å². The molecule has 0 fully saturated rings. The maximum Gasteiger partial charge on any atom is 0.166 e. The molecule has 0 N–H and O–H groups in total. The Morgan fingerprint density at radius 2 is 1.06 bits per heavy atom. The lowest BCUT2D eigenvalue weighted by molar-refractivity contribution is 0.668. The van der Waals surface area contributed by atoms with E-state index in [1.165, 1.54) is 22.0 Å². The molecule has 0 saturated heterocycles. The number of hydrogen-bond acceptors (Lipinski definition) is 5. The standard InChI is InChI=1S/C71H45N5O2/c1-2-7-22-47(23-8-3-1)75-59-33-13-9-25-50(59)54-30-19-35-61(68(54)75)76-60-34-14-10-24-49(60)53-29-18-32-56(67(53)76)71-73-69(46-39-41-65-58(43-46)52-27-12-16-37-63(52)78-65)72-70(74-71)55-31-17-28-48(66(55)44-20-5-4-6-21-44)45-38-40-64-57(42-45)51-26-11-15-36-62(51)77-64/h2,4-7,9-13,15-22,24-33,35-43H,1,14,23,34H2/b7-2-,47-22+. The van der Waals surface area contributed by atoms with E-state index in [1.807, 2.05) is 30.3 Å². The van der Waals surface area contributed by atoms with E-state index >= 15 is 0 Å². The highest BCUT2D eigenvalue weighted by Crippen LogP contribution is 2.46.